The first kappa shape index (κ1) is 18.4. The van der Waals surface area contributed by atoms with Crippen LogP contribution in [0.15, 0.2) is 12.1 Å². The highest BCUT2D eigenvalue weighted by atomic mass is 19.4. The first-order valence-electron chi connectivity index (χ1n) is 7.68. The zero-order valence-corrected chi connectivity index (χ0v) is 13.5. The maximum Gasteiger partial charge on any atom is 0.422 e. The lowest BCUT2D eigenvalue weighted by Gasteiger charge is -2.42. The number of aliphatic carboxylic acids is 1. The molecule has 1 aliphatic rings. The maximum absolute atomic E-state index is 12.1. The summed E-state index contributed by atoms with van der Waals surface area (Å²) in [6.07, 6.45) is -3.03. The van der Waals surface area contributed by atoms with Crippen LogP contribution in [-0.4, -0.2) is 51.0 Å². The van der Waals surface area contributed by atoms with E-state index >= 15 is 0 Å². The van der Waals surface area contributed by atoms with Gasteiger partial charge in [0.15, 0.2) is 6.61 Å². The van der Waals surface area contributed by atoms with E-state index in [0.29, 0.717) is 18.7 Å². The van der Waals surface area contributed by atoms with Gasteiger partial charge in [-0.05, 0) is 32.8 Å². The van der Waals surface area contributed by atoms with E-state index in [1.807, 2.05) is 18.7 Å². The molecular formula is C15H20F3N3O3. The highest BCUT2D eigenvalue weighted by Gasteiger charge is 2.36. The normalized spacial score (nSPS) is 25.5. The second kappa shape index (κ2) is 7.33. The van der Waals surface area contributed by atoms with Gasteiger partial charge in [0.1, 0.15) is 0 Å². The van der Waals surface area contributed by atoms with E-state index in [2.05, 4.69) is 14.9 Å². The van der Waals surface area contributed by atoms with Gasteiger partial charge in [-0.25, -0.2) is 0 Å². The number of carbonyl (C=O) groups is 1. The maximum atomic E-state index is 12.1. The van der Waals surface area contributed by atoms with E-state index in [4.69, 9.17) is 0 Å². The molecule has 0 saturated carbocycles. The molecule has 3 unspecified atom stereocenters. The third-order valence-electron chi connectivity index (χ3n) is 4.31. The molecular weight excluding hydrogens is 327 g/mol. The topological polar surface area (TPSA) is 75.5 Å². The van der Waals surface area contributed by atoms with E-state index in [1.165, 1.54) is 6.07 Å². The lowest BCUT2D eigenvalue weighted by Crippen LogP contribution is -2.50. The van der Waals surface area contributed by atoms with Crippen molar-refractivity contribution in [3.63, 3.8) is 0 Å². The Hall–Kier alpha value is -1.90. The smallest absolute Gasteiger partial charge is 0.422 e. The zero-order chi connectivity index (χ0) is 17.9. The van der Waals surface area contributed by atoms with Gasteiger partial charge in [-0.1, -0.05) is 0 Å². The first-order valence-corrected chi connectivity index (χ1v) is 7.68. The molecule has 0 aromatic carbocycles. The summed E-state index contributed by atoms with van der Waals surface area (Å²) < 4.78 is 40.8. The number of hydrogen-bond donors (Lipinski definition) is 1. The summed E-state index contributed by atoms with van der Waals surface area (Å²) in [5, 5.41) is 16.8. The van der Waals surface area contributed by atoms with Crippen molar-refractivity contribution in [1.29, 1.82) is 0 Å². The van der Waals surface area contributed by atoms with Gasteiger partial charge < -0.3 is 9.84 Å². The molecule has 1 fully saturated rings. The highest BCUT2D eigenvalue weighted by molar-refractivity contribution is 5.71. The van der Waals surface area contributed by atoms with Crippen LogP contribution < -0.4 is 4.74 Å². The van der Waals surface area contributed by atoms with Crippen LogP contribution in [0.25, 0.3) is 0 Å². The number of hydrogen-bond acceptors (Lipinski definition) is 5. The van der Waals surface area contributed by atoms with Crippen molar-refractivity contribution in [3.8, 4) is 5.88 Å². The Bertz CT molecular complexity index is 565. The van der Waals surface area contributed by atoms with Crippen LogP contribution in [0, 0.1) is 5.92 Å². The molecule has 1 aliphatic heterocycles. The molecule has 134 valence electrons. The van der Waals surface area contributed by atoms with Crippen molar-refractivity contribution in [1.82, 2.24) is 15.1 Å². The molecule has 24 heavy (non-hydrogen) atoms. The van der Waals surface area contributed by atoms with Gasteiger partial charge in [0.25, 0.3) is 0 Å². The number of carboxylic acid groups (broad SMARTS) is 1. The van der Waals surface area contributed by atoms with Crippen molar-refractivity contribution >= 4 is 5.97 Å². The summed E-state index contributed by atoms with van der Waals surface area (Å²) >= 11 is 0. The van der Waals surface area contributed by atoms with E-state index in [9.17, 15) is 23.1 Å². The number of aromatic nitrogens is 2. The van der Waals surface area contributed by atoms with Gasteiger partial charge >= 0.3 is 12.1 Å². The number of alkyl halides is 3. The monoisotopic (exact) mass is 347 g/mol. The minimum absolute atomic E-state index is 0.158. The molecule has 3 atom stereocenters. The molecule has 9 heteroatoms. The molecule has 2 rings (SSSR count). The summed E-state index contributed by atoms with van der Waals surface area (Å²) in [4.78, 5) is 13.3. The van der Waals surface area contributed by atoms with Crippen molar-refractivity contribution in [2.24, 2.45) is 5.92 Å². The highest BCUT2D eigenvalue weighted by Crippen LogP contribution is 2.29. The number of ether oxygens (including phenoxy) is 1. The van der Waals surface area contributed by atoms with Gasteiger partial charge in [0, 0.05) is 24.7 Å². The fraction of sp³-hybridized carbons (Fsp3) is 0.667. The predicted molar refractivity (Wildman–Crippen MR) is 78.4 cm³/mol. The number of nitrogens with zero attached hydrogens (tertiary/aromatic N) is 3. The molecule has 0 aliphatic carbocycles. The Balaban J connectivity index is 2.00. The summed E-state index contributed by atoms with van der Waals surface area (Å²) in [6, 6.07) is 2.91. The second-order valence-corrected chi connectivity index (χ2v) is 6.05. The van der Waals surface area contributed by atoms with Crippen LogP contribution in [0.4, 0.5) is 13.2 Å². The first-order chi connectivity index (χ1) is 11.2. The zero-order valence-electron chi connectivity index (χ0n) is 13.5. The van der Waals surface area contributed by atoms with Crippen molar-refractivity contribution in [2.75, 3.05) is 6.61 Å². The molecule has 1 saturated heterocycles. The van der Waals surface area contributed by atoms with Crippen LogP contribution in [0.3, 0.4) is 0 Å². The summed E-state index contributed by atoms with van der Waals surface area (Å²) in [5.74, 6) is -1.45. The third kappa shape index (κ3) is 4.80. The fourth-order valence-electron chi connectivity index (χ4n) is 2.94. The van der Waals surface area contributed by atoms with Gasteiger partial charge in [-0.15, -0.1) is 5.10 Å². The standard InChI is InChI=1S/C15H20F3N3O3/c1-9-3-5-12(14(22)23)10(2)21(9)7-11-4-6-13(20-19-11)24-8-15(16,17)18/h4,6,9-10,12H,3,5,7-8H2,1-2H3,(H,22,23). The van der Waals surface area contributed by atoms with E-state index in [1.54, 1.807) is 6.07 Å². The van der Waals surface area contributed by atoms with Crippen molar-refractivity contribution in [2.45, 2.75) is 51.5 Å². The number of halogens is 3. The van der Waals surface area contributed by atoms with Gasteiger partial charge in [-0.2, -0.15) is 18.3 Å². The van der Waals surface area contributed by atoms with Crippen LogP contribution in [0.1, 0.15) is 32.4 Å². The lowest BCUT2D eigenvalue weighted by molar-refractivity contribution is -0.154. The van der Waals surface area contributed by atoms with Crippen LogP contribution >= 0.6 is 0 Å². The van der Waals surface area contributed by atoms with Gasteiger partial charge in [0.2, 0.25) is 5.88 Å². The molecule has 0 amide bonds. The Labute approximate surface area is 137 Å². The SMILES string of the molecule is CC1CCC(C(=O)O)C(C)N1Cc1ccc(OCC(F)(F)F)nn1. The fourth-order valence-corrected chi connectivity index (χ4v) is 2.94. The van der Waals surface area contributed by atoms with Crippen LogP contribution in [0.2, 0.25) is 0 Å². The van der Waals surface area contributed by atoms with Crippen LogP contribution in [-0.2, 0) is 11.3 Å². The molecule has 0 bridgehead atoms. The molecule has 1 N–H and O–H groups in total. The van der Waals surface area contributed by atoms with Gasteiger partial charge in [0.05, 0.1) is 11.6 Å². The molecule has 0 radical (unpaired) electrons. The molecule has 0 spiro atoms. The third-order valence-corrected chi connectivity index (χ3v) is 4.31. The van der Waals surface area contributed by atoms with E-state index < -0.39 is 24.7 Å². The quantitative estimate of drug-likeness (QED) is 0.882. The Kier molecular flexibility index (Phi) is 5.63. The van der Waals surface area contributed by atoms with E-state index in [0.717, 1.165) is 6.42 Å². The Morgan fingerprint density at radius 2 is 2.04 bits per heavy atom. The number of carboxylic acids is 1. The summed E-state index contributed by atoms with van der Waals surface area (Å²) in [6.45, 7) is 2.85. The number of piperidine rings is 1. The largest absolute Gasteiger partial charge is 0.481 e. The Morgan fingerprint density at radius 3 is 2.58 bits per heavy atom. The summed E-state index contributed by atoms with van der Waals surface area (Å²) in [7, 11) is 0. The van der Waals surface area contributed by atoms with Crippen LogP contribution in [0.5, 0.6) is 5.88 Å². The molecule has 1 aromatic heterocycles. The van der Waals surface area contributed by atoms with Crippen molar-refractivity contribution < 1.29 is 27.8 Å². The second-order valence-electron chi connectivity index (χ2n) is 6.05. The van der Waals surface area contributed by atoms with Gasteiger partial charge in [-0.3, -0.25) is 9.69 Å². The minimum Gasteiger partial charge on any atom is -0.481 e. The van der Waals surface area contributed by atoms with E-state index in [-0.39, 0.29) is 18.0 Å². The predicted octanol–water partition coefficient (Wildman–Crippen LogP) is 2.49. The van der Waals surface area contributed by atoms with Crippen molar-refractivity contribution in [3.05, 3.63) is 17.8 Å². The molecule has 1 aromatic rings. The Morgan fingerprint density at radius 1 is 1.33 bits per heavy atom. The average Bonchev–Trinajstić information content (AvgIpc) is 2.49. The number of rotatable bonds is 5. The lowest BCUT2D eigenvalue weighted by atomic mass is 9.86. The number of likely N-dealkylation sites (tertiary alicyclic amines) is 1. The summed E-state index contributed by atoms with van der Waals surface area (Å²) in [5.41, 5.74) is 0.555. The molecule has 6 nitrogen and oxygen atoms in total. The average molecular weight is 347 g/mol. The molecule has 2 heterocycles. The minimum atomic E-state index is -4.43.